The molecule has 2 heterocycles. The lowest BCUT2D eigenvalue weighted by atomic mass is 9.87. The molecule has 9 nitrogen and oxygen atoms in total. The molecule has 2 aliphatic rings. The Kier molecular flexibility index (Phi) is 15.5. The highest BCUT2D eigenvalue weighted by atomic mass is 32.2. The van der Waals surface area contributed by atoms with E-state index in [1.165, 1.54) is 0 Å². The lowest BCUT2D eigenvalue weighted by Crippen LogP contribution is -2.29. The summed E-state index contributed by atoms with van der Waals surface area (Å²) in [6.07, 6.45) is 4.15. The molecular weight excluding hydrogens is 653 g/mol. The van der Waals surface area contributed by atoms with E-state index in [4.69, 9.17) is 14.6 Å². The zero-order valence-electron chi connectivity index (χ0n) is 28.4. The Balaban J connectivity index is 0.000000333. The summed E-state index contributed by atoms with van der Waals surface area (Å²) in [5.74, 6) is -0.159. The van der Waals surface area contributed by atoms with Gasteiger partial charge in [-0.3, -0.25) is 0 Å². The van der Waals surface area contributed by atoms with Crippen LogP contribution >= 0.6 is 0 Å². The van der Waals surface area contributed by atoms with Gasteiger partial charge in [0.2, 0.25) is 0 Å². The molecule has 0 radical (unpaired) electrons. The van der Waals surface area contributed by atoms with Crippen LogP contribution in [0.25, 0.3) is 0 Å². The molecule has 0 spiro atoms. The van der Waals surface area contributed by atoms with Crippen LogP contribution in [0.3, 0.4) is 0 Å². The Morgan fingerprint density at radius 1 is 0.708 bits per heavy atom. The number of benzene rings is 2. The number of hydrogen-bond donors (Lipinski definition) is 3. The van der Waals surface area contributed by atoms with Crippen molar-refractivity contribution >= 4 is 19.7 Å². The number of hydrogen-bond acceptors (Lipinski definition) is 9. The first-order valence-electron chi connectivity index (χ1n) is 16.8. The average Bonchev–Trinajstić information content (AvgIpc) is 3.51. The highest BCUT2D eigenvalue weighted by molar-refractivity contribution is 7.91. The van der Waals surface area contributed by atoms with Gasteiger partial charge in [0.25, 0.3) is 0 Å². The molecule has 2 fully saturated rings. The van der Waals surface area contributed by atoms with Crippen LogP contribution in [0.15, 0.2) is 95.8 Å². The van der Waals surface area contributed by atoms with E-state index in [9.17, 15) is 27.0 Å². The largest absolute Gasteiger partial charge is 0.394 e. The molecule has 2 aromatic carbocycles. The number of aliphatic hydroxyl groups is 3. The third kappa shape index (κ3) is 10.8. The minimum Gasteiger partial charge on any atom is -0.394 e. The van der Waals surface area contributed by atoms with Crippen LogP contribution in [0.5, 0.6) is 0 Å². The van der Waals surface area contributed by atoms with Gasteiger partial charge in [-0.15, -0.1) is 13.2 Å². The van der Waals surface area contributed by atoms with Crippen molar-refractivity contribution in [1.29, 1.82) is 0 Å². The van der Waals surface area contributed by atoms with Gasteiger partial charge in [-0.05, 0) is 61.8 Å². The van der Waals surface area contributed by atoms with Crippen molar-refractivity contribution < 1.29 is 43.1 Å². The maximum Gasteiger partial charge on any atom is 0.178 e. The van der Waals surface area contributed by atoms with Gasteiger partial charge >= 0.3 is 0 Å². The molecule has 2 aliphatic heterocycles. The molecule has 0 saturated carbocycles. The van der Waals surface area contributed by atoms with E-state index in [0.29, 0.717) is 41.9 Å². The Hall–Kier alpha value is -2.38. The summed E-state index contributed by atoms with van der Waals surface area (Å²) in [6, 6.07) is 17.0. The van der Waals surface area contributed by atoms with Gasteiger partial charge in [-0.2, -0.15) is 0 Å². The molecule has 4 rings (SSSR count). The molecule has 3 N–H and O–H groups in total. The zero-order valence-corrected chi connectivity index (χ0v) is 30.0. The second-order valence-corrected chi connectivity index (χ2v) is 17.1. The maximum absolute atomic E-state index is 12.7. The van der Waals surface area contributed by atoms with Crippen LogP contribution in [0.1, 0.15) is 54.3 Å². The number of rotatable bonds is 16. The van der Waals surface area contributed by atoms with Crippen LogP contribution < -0.4 is 0 Å². The van der Waals surface area contributed by atoms with E-state index in [2.05, 4.69) is 13.2 Å². The number of aliphatic hydroxyl groups excluding tert-OH is 3. The molecule has 0 aliphatic carbocycles. The molecule has 2 saturated heterocycles. The van der Waals surface area contributed by atoms with E-state index >= 15 is 0 Å². The van der Waals surface area contributed by atoms with Crippen LogP contribution in [-0.2, 0) is 29.1 Å². The van der Waals surface area contributed by atoms with Gasteiger partial charge in [0.15, 0.2) is 19.7 Å². The Labute approximate surface area is 289 Å². The van der Waals surface area contributed by atoms with Gasteiger partial charge in [0.1, 0.15) is 0 Å². The van der Waals surface area contributed by atoms with Crippen LogP contribution in [0.2, 0.25) is 0 Å². The lowest BCUT2D eigenvalue weighted by molar-refractivity contribution is -0.0111. The summed E-state index contributed by atoms with van der Waals surface area (Å²) in [5.41, 5.74) is 0. The first kappa shape index (κ1) is 40.1. The highest BCUT2D eigenvalue weighted by Crippen LogP contribution is 2.39. The van der Waals surface area contributed by atoms with E-state index in [-0.39, 0.29) is 67.6 Å². The van der Waals surface area contributed by atoms with Crippen molar-refractivity contribution in [2.24, 2.45) is 23.7 Å². The van der Waals surface area contributed by atoms with Crippen molar-refractivity contribution in [1.82, 2.24) is 0 Å². The van der Waals surface area contributed by atoms with Crippen molar-refractivity contribution in [3.63, 3.8) is 0 Å². The fourth-order valence-corrected chi connectivity index (χ4v) is 10.3. The van der Waals surface area contributed by atoms with Crippen molar-refractivity contribution in [2.45, 2.75) is 99.3 Å². The van der Waals surface area contributed by atoms with E-state index in [1.807, 2.05) is 26.8 Å². The Bertz CT molecular complexity index is 1370. The average molecular weight is 710 g/mol. The third-order valence-corrected chi connectivity index (χ3v) is 13.3. The zero-order chi connectivity index (χ0) is 35.5. The molecule has 0 bridgehead atoms. The van der Waals surface area contributed by atoms with Gasteiger partial charge < -0.3 is 24.8 Å². The van der Waals surface area contributed by atoms with E-state index in [0.717, 1.165) is 0 Å². The predicted octanol–water partition coefficient (Wildman–Crippen LogP) is 5.26. The minimum atomic E-state index is -3.41. The molecular formula is C37H56O9S2. The van der Waals surface area contributed by atoms with E-state index in [1.54, 1.807) is 66.7 Å². The van der Waals surface area contributed by atoms with Crippen molar-refractivity contribution in [2.75, 3.05) is 18.1 Å². The van der Waals surface area contributed by atoms with Crippen molar-refractivity contribution in [3.05, 3.63) is 86.0 Å². The summed E-state index contributed by atoms with van der Waals surface area (Å²) >= 11 is 0. The first-order chi connectivity index (χ1) is 22.8. The van der Waals surface area contributed by atoms with Gasteiger partial charge in [-0.1, -0.05) is 69.3 Å². The maximum atomic E-state index is 12.7. The summed E-state index contributed by atoms with van der Waals surface area (Å²) in [5, 5.41) is 28.6. The molecule has 270 valence electrons. The first-order valence-corrected chi connectivity index (χ1v) is 20.1. The third-order valence-electron chi connectivity index (χ3n) is 9.69. The SMILES string of the molecule is C=CC[C@@H]1O[C@H](C[C@H](O)CC)[C@H](C)[C@H]1CS(=O)(=O)c1ccccc1.C=CC[C@@H]1O[C@H](C[C@H](O)CO)[C@H](C)[C@H]1CS(=O)(=O)c1ccccc1.[2HH]. The molecule has 0 amide bonds. The van der Waals surface area contributed by atoms with Crippen molar-refractivity contribution in [3.8, 4) is 0 Å². The summed E-state index contributed by atoms with van der Waals surface area (Å²) in [6.45, 7) is 13.1. The molecule has 2 aromatic rings. The molecule has 10 atom stereocenters. The number of ether oxygens (including phenoxy) is 2. The summed E-state index contributed by atoms with van der Waals surface area (Å²) in [7, 11) is -6.77. The molecule has 0 aromatic heterocycles. The van der Waals surface area contributed by atoms with E-state index < -0.39 is 31.9 Å². The van der Waals surface area contributed by atoms with Gasteiger partial charge in [0.05, 0.1) is 64.5 Å². The summed E-state index contributed by atoms with van der Waals surface area (Å²) in [4.78, 5) is 0.667. The smallest absolute Gasteiger partial charge is 0.178 e. The van der Waals surface area contributed by atoms with Gasteiger partial charge in [-0.25, -0.2) is 16.8 Å². The topological polar surface area (TPSA) is 147 Å². The lowest BCUT2D eigenvalue weighted by Gasteiger charge is -2.21. The highest BCUT2D eigenvalue weighted by Gasteiger charge is 2.45. The van der Waals surface area contributed by atoms with Gasteiger partial charge in [0, 0.05) is 19.7 Å². The summed E-state index contributed by atoms with van der Waals surface area (Å²) < 4.78 is 62.9. The van der Waals surface area contributed by atoms with Crippen LogP contribution in [0.4, 0.5) is 0 Å². The molecule has 0 unspecified atom stereocenters. The Morgan fingerprint density at radius 3 is 1.42 bits per heavy atom. The quantitative estimate of drug-likeness (QED) is 0.199. The normalized spacial score (nSPS) is 28.6. The Morgan fingerprint density at radius 2 is 1.08 bits per heavy atom. The van der Waals surface area contributed by atoms with Crippen LogP contribution in [-0.4, -0.2) is 86.9 Å². The molecule has 48 heavy (non-hydrogen) atoms. The predicted molar refractivity (Wildman–Crippen MR) is 190 cm³/mol. The minimum absolute atomic E-state index is 0. The number of sulfone groups is 2. The fourth-order valence-electron chi connectivity index (χ4n) is 6.71. The van der Waals surface area contributed by atoms with Crippen LogP contribution in [0, 0.1) is 23.7 Å². The molecule has 11 heteroatoms. The monoisotopic (exact) mass is 709 g/mol. The standard InChI is InChI=1S/C19H28O4S.C18H26O5S.H2/c1-4-9-18-17(14(3)19(23-18)12-15(20)5-2)13-24(21,22)16-10-7-6-8-11-16;1-3-7-17-16(13(2)18(23-17)10-14(20)11-19)12-24(21,22)15-8-5-4-6-9-15;/h4,6-8,10-11,14-15,17-20H,1,5,9,12-13H2,2-3H3;3-6,8-9,13-14,16-20H,1,7,10-12H2,2H3;1H/t14-,15-,17-,18+,19-;13-,14+,16-,17+,18-;/m11./s1/i;;1+1. The fraction of sp³-hybridized carbons (Fsp3) is 0.568. The second kappa shape index (κ2) is 18.6. The second-order valence-electron chi connectivity index (χ2n) is 13.1.